The molecule has 8 heteroatoms. The van der Waals surface area contributed by atoms with Crippen molar-refractivity contribution in [2.24, 2.45) is 34.0 Å². The first-order valence-electron chi connectivity index (χ1n) is 12.8. The van der Waals surface area contributed by atoms with E-state index < -0.39 is 48.7 Å². The molecule has 0 aromatic rings. The van der Waals surface area contributed by atoms with Crippen LogP contribution in [-0.4, -0.2) is 70.0 Å². The molecule has 0 radical (unpaired) electrons. The molecule has 1 saturated heterocycles. The van der Waals surface area contributed by atoms with Crippen molar-refractivity contribution in [2.75, 3.05) is 6.61 Å². The lowest BCUT2D eigenvalue weighted by molar-refractivity contribution is -0.297. The number of aliphatic hydroxyl groups is 4. The van der Waals surface area contributed by atoms with Crippen LogP contribution in [-0.2, 0) is 19.1 Å². The van der Waals surface area contributed by atoms with Gasteiger partial charge in [-0.3, -0.25) is 9.59 Å². The Bertz CT molecular complexity index is 871. The molecule has 4 N–H and O–H groups in total. The van der Waals surface area contributed by atoms with Gasteiger partial charge in [-0.1, -0.05) is 19.4 Å². The van der Waals surface area contributed by atoms with Gasteiger partial charge < -0.3 is 29.9 Å². The van der Waals surface area contributed by atoms with Gasteiger partial charge in [-0.05, 0) is 86.0 Å². The predicted octanol–water partition coefficient (Wildman–Crippen LogP) is 1.48. The Hall–Kier alpha value is -1.32. The topological polar surface area (TPSA) is 134 Å². The van der Waals surface area contributed by atoms with E-state index in [1.165, 1.54) is 0 Å². The molecule has 0 unspecified atom stereocenters. The zero-order chi connectivity index (χ0) is 24.5. The third-order valence-corrected chi connectivity index (χ3v) is 10.4. The average Bonchev–Trinajstić information content (AvgIpc) is 3.08. The number of allylic oxidation sites excluding steroid dienone is 2. The summed E-state index contributed by atoms with van der Waals surface area (Å²) in [4.78, 5) is 25.3. The third-order valence-electron chi connectivity index (χ3n) is 10.4. The molecule has 0 amide bonds. The van der Waals surface area contributed by atoms with E-state index in [1.54, 1.807) is 0 Å². The van der Waals surface area contributed by atoms with Crippen molar-refractivity contribution >= 4 is 12.3 Å². The van der Waals surface area contributed by atoms with Crippen molar-refractivity contribution in [3.8, 4) is 0 Å². The zero-order valence-corrected chi connectivity index (χ0v) is 20.1. The van der Waals surface area contributed by atoms with Crippen LogP contribution in [0.5, 0.6) is 0 Å². The monoisotopic (exact) mass is 478 g/mol. The molecule has 2 bridgehead atoms. The van der Waals surface area contributed by atoms with E-state index in [0.717, 1.165) is 56.8 Å². The van der Waals surface area contributed by atoms with Crippen LogP contribution in [0.25, 0.3) is 0 Å². The van der Waals surface area contributed by atoms with Crippen LogP contribution in [0.4, 0.5) is 0 Å². The van der Waals surface area contributed by atoms with E-state index in [9.17, 15) is 30.0 Å². The van der Waals surface area contributed by atoms with Gasteiger partial charge in [0, 0.05) is 0 Å². The summed E-state index contributed by atoms with van der Waals surface area (Å²) in [6, 6.07) is 0. The van der Waals surface area contributed by atoms with Crippen molar-refractivity contribution in [1.29, 1.82) is 0 Å². The highest BCUT2D eigenvalue weighted by Gasteiger charge is 2.65. The Kier molecular flexibility index (Phi) is 6.00. The van der Waals surface area contributed by atoms with Crippen molar-refractivity contribution < 1.29 is 39.5 Å². The number of aliphatic hydroxyl groups excluding tert-OH is 4. The molecule has 4 fully saturated rings. The first-order valence-corrected chi connectivity index (χ1v) is 12.8. The Morgan fingerprint density at radius 3 is 2.56 bits per heavy atom. The summed E-state index contributed by atoms with van der Waals surface area (Å²) >= 11 is 0. The second-order valence-corrected chi connectivity index (χ2v) is 12.0. The lowest BCUT2D eigenvalue weighted by Crippen LogP contribution is -2.61. The third kappa shape index (κ3) is 3.36. The number of ether oxygens (including phenoxy) is 2. The highest BCUT2D eigenvalue weighted by atomic mass is 16.7. The van der Waals surface area contributed by atoms with Gasteiger partial charge >= 0.3 is 5.97 Å². The maximum absolute atomic E-state index is 13.7. The van der Waals surface area contributed by atoms with E-state index >= 15 is 0 Å². The molecule has 190 valence electrons. The first-order chi connectivity index (χ1) is 16.1. The van der Waals surface area contributed by atoms with Crippen LogP contribution in [0.3, 0.4) is 0 Å². The second-order valence-electron chi connectivity index (χ2n) is 12.0. The Morgan fingerprint density at radius 1 is 1.09 bits per heavy atom. The van der Waals surface area contributed by atoms with Crippen molar-refractivity contribution in [2.45, 2.75) is 95.9 Å². The summed E-state index contributed by atoms with van der Waals surface area (Å²) in [6.07, 6.45) is 3.57. The summed E-state index contributed by atoms with van der Waals surface area (Å²) in [5, 5.41) is 40.0. The number of rotatable bonds is 4. The number of esters is 1. The lowest BCUT2D eigenvalue weighted by Gasteiger charge is -2.63. The van der Waals surface area contributed by atoms with Crippen molar-refractivity contribution in [3.63, 3.8) is 0 Å². The number of fused-ring (bicyclic) bond motifs is 3. The van der Waals surface area contributed by atoms with Crippen LogP contribution >= 0.6 is 0 Å². The number of aldehydes is 1. The Morgan fingerprint density at radius 2 is 1.85 bits per heavy atom. The van der Waals surface area contributed by atoms with Crippen molar-refractivity contribution in [3.05, 3.63) is 11.6 Å². The fourth-order valence-corrected chi connectivity index (χ4v) is 8.76. The summed E-state index contributed by atoms with van der Waals surface area (Å²) in [5.41, 5.74) is 0.161. The van der Waals surface area contributed by atoms with E-state index in [0.29, 0.717) is 18.3 Å². The molecule has 4 aliphatic carbocycles. The zero-order valence-electron chi connectivity index (χ0n) is 20.1. The quantitative estimate of drug-likeness (QED) is 0.353. The fourth-order valence-electron chi connectivity index (χ4n) is 8.76. The van der Waals surface area contributed by atoms with E-state index in [2.05, 4.69) is 13.0 Å². The van der Waals surface area contributed by atoms with E-state index in [1.807, 2.05) is 6.92 Å². The van der Waals surface area contributed by atoms with E-state index in [4.69, 9.17) is 9.47 Å². The van der Waals surface area contributed by atoms with Crippen LogP contribution in [0.15, 0.2) is 11.6 Å². The number of hydrogen-bond acceptors (Lipinski definition) is 8. The predicted molar refractivity (Wildman–Crippen MR) is 120 cm³/mol. The second kappa shape index (κ2) is 8.37. The number of hydrogen-bond donors (Lipinski definition) is 4. The summed E-state index contributed by atoms with van der Waals surface area (Å²) in [6.45, 7) is 3.69. The van der Waals surface area contributed by atoms with Gasteiger partial charge in [0.15, 0.2) is 0 Å². The summed E-state index contributed by atoms with van der Waals surface area (Å²) in [7, 11) is 0. The minimum atomic E-state index is -1.60. The molecule has 1 aliphatic heterocycles. The highest BCUT2D eigenvalue weighted by molar-refractivity contribution is 5.78. The molecule has 0 aromatic carbocycles. The van der Waals surface area contributed by atoms with Crippen LogP contribution in [0.1, 0.15) is 65.2 Å². The largest absolute Gasteiger partial charge is 0.432 e. The maximum Gasteiger partial charge on any atom is 0.314 e. The highest BCUT2D eigenvalue weighted by Crippen LogP contribution is 2.70. The van der Waals surface area contributed by atoms with Gasteiger partial charge in [0.1, 0.15) is 30.7 Å². The smallest absolute Gasteiger partial charge is 0.314 e. The lowest BCUT2D eigenvalue weighted by atomic mass is 9.41. The molecule has 3 saturated carbocycles. The molecule has 5 rings (SSSR count). The van der Waals surface area contributed by atoms with Gasteiger partial charge in [-0.2, -0.15) is 0 Å². The summed E-state index contributed by atoms with van der Waals surface area (Å²) < 4.78 is 11.1. The molecule has 8 nitrogen and oxygen atoms in total. The minimum absolute atomic E-state index is 0.0455. The molecular formula is C26H38O8. The first kappa shape index (κ1) is 24.4. The summed E-state index contributed by atoms with van der Waals surface area (Å²) in [5.74, 6) is 0.409. The molecule has 1 heterocycles. The SMILES string of the molecule is C[C@]12CCC[C@@](C)(C(=O)O[C@@H]3O[C@H](CO)[C@@H](O)[C@H](O)[C@H]3O)[C@@H]1CC[C@@]13C=C(C=O)[C@@H](CC[C@@H]12)C3. The van der Waals surface area contributed by atoms with Gasteiger partial charge in [-0.25, -0.2) is 0 Å². The molecular weight excluding hydrogens is 440 g/mol. The van der Waals surface area contributed by atoms with Crippen LogP contribution in [0.2, 0.25) is 0 Å². The van der Waals surface area contributed by atoms with Gasteiger partial charge in [0.2, 0.25) is 6.29 Å². The standard InChI is InChI=1S/C26H38O8/c1-24-7-3-8-25(2,23(32)34-22-21(31)20(30)19(29)16(13-28)33-22)17(24)6-9-26-10-14(4-5-18(24)26)15(11-26)12-27/h11-12,14,16-22,28-31H,3-10,13H2,1-2H3/t14-,16+,17+,18+,19+,20-,21+,22-,24-,25+,26+/m0/s1. The normalized spacial score (nSPS) is 52.2. The number of carbonyl (C=O) groups is 2. The maximum atomic E-state index is 13.7. The van der Waals surface area contributed by atoms with Gasteiger partial charge in [-0.15, -0.1) is 0 Å². The van der Waals surface area contributed by atoms with Crippen LogP contribution < -0.4 is 0 Å². The molecule has 11 atom stereocenters. The van der Waals surface area contributed by atoms with Crippen LogP contribution in [0, 0.1) is 34.0 Å². The average molecular weight is 479 g/mol. The van der Waals surface area contributed by atoms with Gasteiger partial charge in [0.25, 0.3) is 0 Å². The number of carbonyl (C=O) groups excluding carboxylic acids is 2. The fraction of sp³-hybridized carbons (Fsp3) is 0.846. The minimum Gasteiger partial charge on any atom is -0.432 e. The van der Waals surface area contributed by atoms with Crippen molar-refractivity contribution in [1.82, 2.24) is 0 Å². The molecule has 34 heavy (non-hydrogen) atoms. The van der Waals surface area contributed by atoms with E-state index in [-0.39, 0.29) is 16.7 Å². The molecule has 5 aliphatic rings. The Balaban J connectivity index is 1.39. The van der Waals surface area contributed by atoms with Gasteiger partial charge in [0.05, 0.1) is 12.0 Å². The molecule has 1 spiro atoms. The Labute approximate surface area is 200 Å². The molecule has 0 aromatic heterocycles.